The predicted molar refractivity (Wildman–Crippen MR) is 115 cm³/mol. The number of carbonyl (C=O) groups is 2. The van der Waals surface area contributed by atoms with Crippen molar-refractivity contribution in [3.05, 3.63) is 66.0 Å². The monoisotopic (exact) mass is 425 g/mol. The van der Waals surface area contributed by atoms with Crippen molar-refractivity contribution in [3.63, 3.8) is 0 Å². The minimum atomic E-state index is -0.147. The van der Waals surface area contributed by atoms with Gasteiger partial charge in [-0.1, -0.05) is 42.1 Å². The molecule has 2 N–H and O–H groups in total. The first-order valence-electron chi connectivity index (χ1n) is 9.30. The number of benzene rings is 2. The Morgan fingerprint density at radius 2 is 1.77 bits per heavy atom. The number of hydrogen-bond acceptors (Lipinski definition) is 6. The Kier molecular flexibility index (Phi) is 7.45. The molecule has 0 bridgehead atoms. The van der Waals surface area contributed by atoms with Gasteiger partial charge in [0.05, 0.1) is 25.8 Å². The second-order valence-corrected chi connectivity index (χ2v) is 7.40. The van der Waals surface area contributed by atoms with Crippen molar-refractivity contribution in [2.24, 2.45) is 7.05 Å². The zero-order chi connectivity index (χ0) is 21.3. The lowest BCUT2D eigenvalue weighted by Crippen LogP contribution is -2.26. The lowest BCUT2D eigenvalue weighted by atomic mass is 10.1. The quantitative estimate of drug-likeness (QED) is 0.511. The number of aromatic nitrogens is 3. The molecule has 0 aliphatic rings. The first-order chi connectivity index (χ1) is 14.5. The van der Waals surface area contributed by atoms with E-state index < -0.39 is 0 Å². The molecule has 1 heterocycles. The van der Waals surface area contributed by atoms with E-state index in [1.807, 2.05) is 37.4 Å². The van der Waals surface area contributed by atoms with Gasteiger partial charge in [-0.25, -0.2) is 0 Å². The number of thioether (sulfide) groups is 1. The van der Waals surface area contributed by atoms with Crippen molar-refractivity contribution in [2.45, 2.75) is 18.1 Å². The second kappa shape index (κ2) is 10.4. The van der Waals surface area contributed by atoms with Crippen molar-refractivity contribution in [1.29, 1.82) is 0 Å². The van der Waals surface area contributed by atoms with Crippen LogP contribution in [0.3, 0.4) is 0 Å². The maximum absolute atomic E-state index is 12.2. The first-order valence-corrected chi connectivity index (χ1v) is 10.3. The third-order valence-electron chi connectivity index (χ3n) is 4.28. The van der Waals surface area contributed by atoms with Crippen LogP contribution in [0, 0.1) is 0 Å². The van der Waals surface area contributed by atoms with E-state index in [9.17, 15) is 9.59 Å². The molecule has 30 heavy (non-hydrogen) atoms. The Morgan fingerprint density at radius 3 is 2.47 bits per heavy atom. The van der Waals surface area contributed by atoms with Crippen LogP contribution in [-0.2, 0) is 29.6 Å². The first kappa shape index (κ1) is 21.4. The molecule has 0 aliphatic heterocycles. The molecule has 0 atom stereocenters. The third kappa shape index (κ3) is 6.08. The zero-order valence-electron chi connectivity index (χ0n) is 16.8. The molecule has 0 unspecified atom stereocenters. The van der Waals surface area contributed by atoms with E-state index in [1.165, 1.54) is 11.8 Å². The number of hydrogen-bond donors (Lipinski definition) is 2. The second-order valence-electron chi connectivity index (χ2n) is 6.46. The summed E-state index contributed by atoms with van der Waals surface area (Å²) in [5.74, 6) is 1.31. The average molecular weight is 426 g/mol. The van der Waals surface area contributed by atoms with E-state index in [4.69, 9.17) is 4.74 Å². The van der Waals surface area contributed by atoms with Crippen LogP contribution in [0.2, 0.25) is 0 Å². The average Bonchev–Trinajstić information content (AvgIpc) is 3.11. The molecule has 0 spiro atoms. The van der Waals surface area contributed by atoms with Crippen LogP contribution in [0.5, 0.6) is 5.75 Å². The maximum atomic E-state index is 12.2. The fraction of sp³-hybridized carbons (Fsp3) is 0.238. The summed E-state index contributed by atoms with van der Waals surface area (Å²) >= 11 is 1.28. The van der Waals surface area contributed by atoms with E-state index in [0.29, 0.717) is 23.1 Å². The van der Waals surface area contributed by atoms with Gasteiger partial charge < -0.3 is 19.9 Å². The molecule has 156 valence electrons. The van der Waals surface area contributed by atoms with Gasteiger partial charge in [0.1, 0.15) is 5.75 Å². The lowest BCUT2D eigenvalue weighted by molar-refractivity contribution is -0.120. The Bertz CT molecular complexity index is 990. The van der Waals surface area contributed by atoms with Crippen molar-refractivity contribution in [1.82, 2.24) is 20.1 Å². The van der Waals surface area contributed by atoms with E-state index in [1.54, 1.807) is 35.9 Å². The number of carbonyl (C=O) groups excluding carboxylic acids is 2. The largest absolute Gasteiger partial charge is 0.497 e. The molecule has 0 saturated heterocycles. The molecule has 0 saturated carbocycles. The molecule has 3 rings (SSSR count). The van der Waals surface area contributed by atoms with Crippen molar-refractivity contribution >= 4 is 29.3 Å². The number of rotatable bonds is 9. The Balaban J connectivity index is 1.46. The van der Waals surface area contributed by atoms with Gasteiger partial charge >= 0.3 is 0 Å². The predicted octanol–water partition coefficient (Wildman–Crippen LogP) is 2.41. The standard InChI is InChI=1S/C21H23N5O3S/c1-26-18(13-22-19(27)12-15-6-4-3-5-7-15)24-25-21(26)30-14-20(28)23-16-8-10-17(29-2)11-9-16/h3-11H,12-14H2,1-2H3,(H,22,27)(H,23,28). The molecule has 2 aromatic carbocycles. The van der Waals surface area contributed by atoms with Crippen LogP contribution in [-0.4, -0.2) is 39.4 Å². The van der Waals surface area contributed by atoms with Gasteiger partial charge in [-0.15, -0.1) is 10.2 Å². The summed E-state index contributed by atoms with van der Waals surface area (Å²) in [6.45, 7) is 0.272. The zero-order valence-corrected chi connectivity index (χ0v) is 17.6. The van der Waals surface area contributed by atoms with Crippen LogP contribution in [0.4, 0.5) is 5.69 Å². The van der Waals surface area contributed by atoms with Gasteiger partial charge in [0.25, 0.3) is 0 Å². The van der Waals surface area contributed by atoms with E-state index >= 15 is 0 Å². The molecular formula is C21H23N5O3S. The molecule has 8 nitrogen and oxygen atoms in total. The number of methoxy groups -OCH3 is 1. The fourth-order valence-corrected chi connectivity index (χ4v) is 3.38. The summed E-state index contributed by atoms with van der Waals surface area (Å²) in [7, 11) is 3.40. The molecule has 9 heteroatoms. The van der Waals surface area contributed by atoms with Gasteiger partial charge in [-0.2, -0.15) is 0 Å². The lowest BCUT2D eigenvalue weighted by Gasteiger charge is -2.07. The highest BCUT2D eigenvalue weighted by Gasteiger charge is 2.13. The topological polar surface area (TPSA) is 98.1 Å². The molecule has 2 amide bonds. The smallest absolute Gasteiger partial charge is 0.234 e. The van der Waals surface area contributed by atoms with Gasteiger partial charge in [0, 0.05) is 12.7 Å². The van der Waals surface area contributed by atoms with Gasteiger partial charge in [-0.3, -0.25) is 9.59 Å². The van der Waals surface area contributed by atoms with Crippen LogP contribution < -0.4 is 15.4 Å². The minimum Gasteiger partial charge on any atom is -0.497 e. The molecule has 3 aromatic rings. The highest BCUT2D eigenvalue weighted by atomic mass is 32.2. The van der Waals surface area contributed by atoms with Crippen LogP contribution in [0.1, 0.15) is 11.4 Å². The summed E-state index contributed by atoms with van der Waals surface area (Å²) in [6.07, 6.45) is 0.311. The number of amides is 2. The summed E-state index contributed by atoms with van der Waals surface area (Å²) in [5, 5.41) is 14.5. The van der Waals surface area contributed by atoms with Crippen molar-refractivity contribution in [2.75, 3.05) is 18.2 Å². The normalized spacial score (nSPS) is 10.5. The molecule has 1 aromatic heterocycles. The summed E-state index contributed by atoms with van der Waals surface area (Å²) in [4.78, 5) is 24.3. The summed E-state index contributed by atoms with van der Waals surface area (Å²) in [6, 6.07) is 16.7. The SMILES string of the molecule is COc1ccc(NC(=O)CSc2nnc(CNC(=O)Cc3ccccc3)n2C)cc1. The Labute approximate surface area is 179 Å². The molecule has 0 fully saturated rings. The Morgan fingerprint density at radius 1 is 1.03 bits per heavy atom. The minimum absolute atomic E-state index is 0.0859. The molecule has 0 aliphatic carbocycles. The molecular weight excluding hydrogens is 402 g/mol. The summed E-state index contributed by atoms with van der Waals surface area (Å²) in [5.41, 5.74) is 1.65. The molecule has 0 radical (unpaired) electrons. The van der Waals surface area contributed by atoms with Crippen molar-refractivity contribution in [3.8, 4) is 5.75 Å². The van der Waals surface area contributed by atoms with Gasteiger partial charge in [0.15, 0.2) is 11.0 Å². The van der Waals surface area contributed by atoms with E-state index in [0.717, 1.165) is 11.3 Å². The number of ether oxygens (including phenoxy) is 1. The van der Waals surface area contributed by atoms with E-state index in [2.05, 4.69) is 20.8 Å². The number of nitrogens with zero attached hydrogens (tertiary/aromatic N) is 3. The highest BCUT2D eigenvalue weighted by molar-refractivity contribution is 7.99. The van der Waals surface area contributed by atoms with Gasteiger partial charge in [-0.05, 0) is 29.8 Å². The van der Waals surface area contributed by atoms with Crippen molar-refractivity contribution < 1.29 is 14.3 Å². The Hall–Kier alpha value is -3.33. The number of nitrogens with one attached hydrogen (secondary N) is 2. The summed E-state index contributed by atoms with van der Waals surface area (Å²) < 4.78 is 6.87. The maximum Gasteiger partial charge on any atom is 0.234 e. The highest BCUT2D eigenvalue weighted by Crippen LogP contribution is 2.18. The van der Waals surface area contributed by atoms with Crippen LogP contribution in [0.25, 0.3) is 0 Å². The number of anilines is 1. The van der Waals surface area contributed by atoms with Gasteiger partial charge in [0.2, 0.25) is 11.8 Å². The van der Waals surface area contributed by atoms with E-state index in [-0.39, 0.29) is 24.1 Å². The van der Waals surface area contributed by atoms with Crippen LogP contribution >= 0.6 is 11.8 Å². The third-order valence-corrected chi connectivity index (χ3v) is 5.30. The fourth-order valence-electron chi connectivity index (χ4n) is 2.65. The van der Waals surface area contributed by atoms with Crippen LogP contribution in [0.15, 0.2) is 59.8 Å².